The van der Waals surface area contributed by atoms with E-state index in [1.807, 2.05) is 0 Å². The van der Waals surface area contributed by atoms with E-state index in [1.54, 1.807) is 0 Å². The van der Waals surface area contributed by atoms with Crippen molar-refractivity contribution in [1.29, 1.82) is 0 Å². The number of ether oxygens (including phenoxy) is 4. The lowest BCUT2D eigenvalue weighted by molar-refractivity contribution is -0.161. The van der Waals surface area contributed by atoms with Crippen molar-refractivity contribution in [1.82, 2.24) is 0 Å². The van der Waals surface area contributed by atoms with E-state index in [-0.39, 0.29) is 25.7 Å². The number of esters is 4. The first kappa shape index (κ1) is 106. The summed E-state index contributed by atoms with van der Waals surface area (Å²) in [5.41, 5.74) is 0. The molecule has 0 bridgehead atoms. The summed E-state index contributed by atoms with van der Waals surface area (Å²) in [6, 6.07) is 0. The number of aliphatic hydroxyl groups excluding tert-OH is 1. The van der Waals surface area contributed by atoms with Crippen LogP contribution in [-0.2, 0) is 65.4 Å². The van der Waals surface area contributed by atoms with Gasteiger partial charge in [0.05, 0.1) is 26.4 Å². The van der Waals surface area contributed by atoms with E-state index in [0.717, 1.165) is 102 Å². The Balaban J connectivity index is 5.25. The van der Waals surface area contributed by atoms with Gasteiger partial charge in [0.2, 0.25) is 0 Å². The zero-order chi connectivity index (χ0) is 79.2. The molecule has 642 valence electrons. The fourth-order valence-corrected chi connectivity index (χ4v) is 15.5. The van der Waals surface area contributed by atoms with Gasteiger partial charge < -0.3 is 33.8 Å². The first-order valence-corrected chi connectivity index (χ1v) is 49.0. The van der Waals surface area contributed by atoms with Gasteiger partial charge in [-0.05, 0) is 37.5 Å². The smallest absolute Gasteiger partial charge is 0.462 e. The summed E-state index contributed by atoms with van der Waals surface area (Å²) < 4.78 is 69.0. The third-order valence-corrected chi connectivity index (χ3v) is 22.9. The Hall–Kier alpha value is -1.94. The van der Waals surface area contributed by atoms with Gasteiger partial charge in [-0.1, -0.05) is 427 Å². The Kier molecular flexibility index (Phi) is 78.8. The minimum Gasteiger partial charge on any atom is -0.462 e. The number of hydrogen-bond acceptors (Lipinski definition) is 15. The Morgan fingerprint density at radius 1 is 0.250 bits per heavy atom. The number of phosphoric ester groups is 2. The topological polar surface area (TPSA) is 237 Å². The minimum atomic E-state index is -4.97. The number of aliphatic hydroxyl groups is 1. The second-order valence-corrected chi connectivity index (χ2v) is 35.8. The van der Waals surface area contributed by atoms with Crippen LogP contribution < -0.4 is 0 Å². The number of carbonyl (C=O) groups is 4. The summed E-state index contributed by atoms with van der Waals surface area (Å²) in [6.07, 6.45) is 73.7. The van der Waals surface area contributed by atoms with Crippen LogP contribution in [0, 0.1) is 11.8 Å². The van der Waals surface area contributed by atoms with Gasteiger partial charge in [-0.2, -0.15) is 0 Å². The molecule has 17 nitrogen and oxygen atoms in total. The fourth-order valence-electron chi connectivity index (χ4n) is 14.0. The second kappa shape index (κ2) is 80.3. The number of rotatable bonds is 88. The zero-order valence-electron chi connectivity index (χ0n) is 71.2. The second-order valence-electron chi connectivity index (χ2n) is 32.9. The van der Waals surface area contributed by atoms with Crippen molar-refractivity contribution in [2.24, 2.45) is 11.8 Å². The molecule has 0 aliphatic heterocycles. The predicted octanol–water partition coefficient (Wildman–Crippen LogP) is 27.4. The average Bonchev–Trinajstić information content (AvgIpc) is 0.897. The highest BCUT2D eigenvalue weighted by molar-refractivity contribution is 7.47. The first-order valence-electron chi connectivity index (χ1n) is 46.0. The Bertz CT molecular complexity index is 2060. The molecule has 0 aromatic rings. The van der Waals surface area contributed by atoms with Crippen LogP contribution in [0.15, 0.2) is 0 Å². The number of unbranched alkanes of at least 4 members (excludes halogenated alkanes) is 58. The minimum absolute atomic E-state index is 0.108. The van der Waals surface area contributed by atoms with Gasteiger partial charge >= 0.3 is 39.5 Å². The molecule has 0 saturated heterocycles. The van der Waals surface area contributed by atoms with Crippen LogP contribution in [-0.4, -0.2) is 96.7 Å². The van der Waals surface area contributed by atoms with Crippen LogP contribution in [0.25, 0.3) is 0 Å². The third kappa shape index (κ3) is 82.1. The van der Waals surface area contributed by atoms with Crippen LogP contribution in [0.2, 0.25) is 0 Å². The maximum absolute atomic E-state index is 13.2. The van der Waals surface area contributed by atoms with Crippen molar-refractivity contribution < 1.29 is 80.2 Å². The molecule has 108 heavy (non-hydrogen) atoms. The van der Waals surface area contributed by atoms with E-state index in [9.17, 15) is 43.2 Å². The van der Waals surface area contributed by atoms with Crippen LogP contribution >= 0.6 is 15.6 Å². The van der Waals surface area contributed by atoms with E-state index in [0.29, 0.717) is 25.7 Å². The molecule has 0 rings (SSSR count). The molecule has 0 aromatic carbocycles. The molecule has 3 N–H and O–H groups in total. The van der Waals surface area contributed by atoms with Crippen molar-refractivity contribution in [3.05, 3.63) is 0 Å². The van der Waals surface area contributed by atoms with Crippen LogP contribution in [0.5, 0.6) is 0 Å². The summed E-state index contributed by atoms with van der Waals surface area (Å²) in [5, 5.41) is 10.7. The molecule has 0 spiro atoms. The van der Waals surface area contributed by atoms with Crippen molar-refractivity contribution in [2.75, 3.05) is 39.6 Å². The average molecular weight is 1580 g/mol. The molecular formula is C89H174O17P2. The van der Waals surface area contributed by atoms with Gasteiger partial charge in [0.25, 0.3) is 0 Å². The Morgan fingerprint density at radius 3 is 0.630 bits per heavy atom. The van der Waals surface area contributed by atoms with Gasteiger partial charge in [-0.3, -0.25) is 37.3 Å². The van der Waals surface area contributed by atoms with Gasteiger partial charge in [0.15, 0.2) is 12.2 Å². The Labute approximate surface area is 664 Å². The van der Waals surface area contributed by atoms with E-state index in [1.165, 1.54) is 295 Å². The molecule has 0 aromatic heterocycles. The fraction of sp³-hybridized carbons (Fsp3) is 0.955. The summed E-state index contributed by atoms with van der Waals surface area (Å²) in [6.45, 7) is 9.69. The van der Waals surface area contributed by atoms with Crippen LogP contribution in [0.1, 0.15) is 478 Å². The highest BCUT2D eigenvalue weighted by atomic mass is 31.2. The highest BCUT2D eigenvalue weighted by Gasteiger charge is 2.31. The summed E-state index contributed by atoms with van der Waals surface area (Å²) in [5.74, 6) is -0.560. The molecule has 0 saturated carbocycles. The normalized spacial score (nSPS) is 13.8. The lowest BCUT2D eigenvalue weighted by Crippen LogP contribution is -2.30. The molecule has 0 amide bonds. The largest absolute Gasteiger partial charge is 0.472 e. The van der Waals surface area contributed by atoms with E-state index in [4.69, 9.17) is 37.0 Å². The predicted molar refractivity (Wildman–Crippen MR) is 446 cm³/mol. The molecule has 0 radical (unpaired) electrons. The quantitative estimate of drug-likeness (QED) is 0.0222. The summed E-state index contributed by atoms with van der Waals surface area (Å²) in [4.78, 5) is 73.4. The SMILES string of the molecule is CCCCCCCCCCCCCCCCCCCCCCCC(=O)O[C@H](COC(=O)CCCCCCCCCCCCCCCCCCCC)COP(=O)(O)OC[C@@H](O)COP(=O)(O)OC[C@@H](COC(=O)CCCCCCCCCCCC(C)C)OC(=O)CCCCCCCCCCCCCCCCC(C)C. The van der Waals surface area contributed by atoms with Crippen molar-refractivity contribution in [3.63, 3.8) is 0 Å². The lowest BCUT2D eigenvalue weighted by atomic mass is 10.0. The molecule has 0 aliphatic carbocycles. The van der Waals surface area contributed by atoms with Crippen molar-refractivity contribution in [2.45, 2.75) is 496 Å². The standard InChI is InChI=1S/C89H174O17P2/c1-7-9-11-13-15-17-19-21-23-25-27-28-29-31-33-38-42-48-55-61-67-73-88(93)105-84(77-99-86(91)71-65-59-53-47-41-37-32-30-26-24-22-20-18-16-14-12-10-8-2)79-103-107(95,96)101-75-83(90)76-102-108(97,98)104-80-85(78-100-87(92)72-66-60-54-50-44-46-52-58-64-70-82(5)6)106-89(94)74-68-62-56-49-43-39-35-34-36-40-45-51-57-63-69-81(3)4/h81-85,90H,7-80H2,1-6H3,(H,95,96)(H,97,98)/t83-,84-,85-/m1/s1. The summed E-state index contributed by atoms with van der Waals surface area (Å²) in [7, 11) is -9.93. The van der Waals surface area contributed by atoms with E-state index >= 15 is 0 Å². The molecule has 0 heterocycles. The molecule has 5 atom stereocenters. The third-order valence-electron chi connectivity index (χ3n) is 21.0. The lowest BCUT2D eigenvalue weighted by Gasteiger charge is -2.21. The maximum atomic E-state index is 13.2. The number of carbonyl (C=O) groups excluding carboxylic acids is 4. The van der Waals surface area contributed by atoms with Gasteiger partial charge in [0, 0.05) is 25.7 Å². The van der Waals surface area contributed by atoms with Crippen LogP contribution in [0.3, 0.4) is 0 Å². The molecule has 2 unspecified atom stereocenters. The van der Waals surface area contributed by atoms with Crippen molar-refractivity contribution >= 4 is 39.5 Å². The van der Waals surface area contributed by atoms with E-state index in [2.05, 4.69) is 41.5 Å². The molecular weight excluding hydrogens is 1400 g/mol. The van der Waals surface area contributed by atoms with E-state index < -0.39 is 97.5 Å². The Morgan fingerprint density at radius 2 is 0.426 bits per heavy atom. The van der Waals surface area contributed by atoms with Crippen molar-refractivity contribution in [3.8, 4) is 0 Å². The van der Waals surface area contributed by atoms with Gasteiger partial charge in [-0.25, -0.2) is 9.13 Å². The monoisotopic (exact) mass is 1580 g/mol. The maximum Gasteiger partial charge on any atom is 0.472 e. The zero-order valence-corrected chi connectivity index (χ0v) is 73.0. The number of hydrogen-bond donors (Lipinski definition) is 3. The van der Waals surface area contributed by atoms with Gasteiger partial charge in [-0.15, -0.1) is 0 Å². The van der Waals surface area contributed by atoms with Crippen LogP contribution in [0.4, 0.5) is 0 Å². The molecule has 0 fully saturated rings. The highest BCUT2D eigenvalue weighted by Crippen LogP contribution is 2.45. The first-order chi connectivity index (χ1) is 52.4. The molecule has 0 aliphatic rings. The number of phosphoric acid groups is 2. The molecule has 19 heteroatoms. The van der Waals surface area contributed by atoms with Gasteiger partial charge in [0.1, 0.15) is 19.3 Å². The summed E-state index contributed by atoms with van der Waals surface area (Å²) >= 11 is 0.